The maximum absolute atomic E-state index is 12.5. The van der Waals surface area contributed by atoms with Crippen molar-refractivity contribution in [2.75, 3.05) is 0 Å². The van der Waals surface area contributed by atoms with Gasteiger partial charge in [0.2, 0.25) is 0 Å². The van der Waals surface area contributed by atoms with Gasteiger partial charge in [-0.2, -0.15) is 8.42 Å². The molecule has 140 valence electrons. The minimum absolute atomic E-state index is 0.139. The van der Waals surface area contributed by atoms with Crippen LogP contribution in [0.5, 0.6) is 5.75 Å². The Morgan fingerprint density at radius 2 is 1.81 bits per heavy atom. The molecular weight excluding hydrogens is 382 g/mol. The SMILES string of the molecule is Cc1ccc(C)c(S(=O)(=O)Oc2ccc(C(=O)NCc3cccs3)cc2)c1. The first-order valence-electron chi connectivity index (χ1n) is 8.27. The van der Waals surface area contributed by atoms with Gasteiger partial charge in [0.25, 0.3) is 5.91 Å². The van der Waals surface area contributed by atoms with Crippen molar-refractivity contribution in [2.45, 2.75) is 25.3 Å². The monoisotopic (exact) mass is 401 g/mol. The van der Waals surface area contributed by atoms with Crippen LogP contribution in [0.25, 0.3) is 0 Å². The molecule has 0 aliphatic heterocycles. The van der Waals surface area contributed by atoms with Gasteiger partial charge in [0.05, 0.1) is 6.54 Å². The second-order valence-electron chi connectivity index (χ2n) is 6.09. The molecular formula is C20H19NO4S2. The highest BCUT2D eigenvalue weighted by atomic mass is 32.2. The molecule has 3 rings (SSSR count). The van der Waals surface area contributed by atoms with E-state index in [-0.39, 0.29) is 16.6 Å². The molecule has 7 heteroatoms. The molecule has 0 bridgehead atoms. The van der Waals surface area contributed by atoms with Gasteiger partial charge in [0, 0.05) is 10.4 Å². The molecule has 0 aliphatic rings. The van der Waals surface area contributed by atoms with E-state index in [1.165, 1.54) is 24.3 Å². The zero-order valence-corrected chi connectivity index (χ0v) is 16.6. The highest BCUT2D eigenvalue weighted by Crippen LogP contribution is 2.22. The molecule has 0 spiro atoms. The van der Waals surface area contributed by atoms with Crippen LogP contribution >= 0.6 is 11.3 Å². The van der Waals surface area contributed by atoms with Crippen LogP contribution in [0, 0.1) is 13.8 Å². The summed E-state index contributed by atoms with van der Waals surface area (Å²) >= 11 is 1.57. The standard InChI is InChI=1S/C20H19NO4S2/c1-14-5-6-15(2)19(12-14)27(23,24)25-17-9-7-16(8-10-17)20(22)21-13-18-4-3-11-26-18/h3-12H,13H2,1-2H3,(H,21,22). The lowest BCUT2D eigenvalue weighted by atomic mass is 10.2. The van der Waals surface area contributed by atoms with Crippen LogP contribution < -0.4 is 9.50 Å². The molecule has 3 aromatic rings. The molecule has 0 unspecified atom stereocenters. The maximum atomic E-state index is 12.5. The van der Waals surface area contributed by atoms with E-state index in [0.29, 0.717) is 17.7 Å². The van der Waals surface area contributed by atoms with Gasteiger partial charge in [-0.25, -0.2) is 0 Å². The van der Waals surface area contributed by atoms with Crippen molar-refractivity contribution in [3.63, 3.8) is 0 Å². The number of carbonyl (C=O) groups is 1. The summed E-state index contributed by atoms with van der Waals surface area (Å²) in [6.07, 6.45) is 0. The van der Waals surface area contributed by atoms with E-state index in [4.69, 9.17) is 4.18 Å². The van der Waals surface area contributed by atoms with Crippen LogP contribution in [0.4, 0.5) is 0 Å². The Labute approximate surface area is 162 Å². The molecule has 2 aromatic carbocycles. The topological polar surface area (TPSA) is 72.5 Å². The third kappa shape index (κ3) is 4.75. The van der Waals surface area contributed by atoms with Gasteiger partial charge in [0.1, 0.15) is 10.6 Å². The van der Waals surface area contributed by atoms with Crippen molar-refractivity contribution in [1.29, 1.82) is 0 Å². The van der Waals surface area contributed by atoms with Crippen LogP contribution in [0.15, 0.2) is 64.9 Å². The summed E-state index contributed by atoms with van der Waals surface area (Å²) in [5.74, 6) is -0.0713. The third-order valence-corrected chi connectivity index (χ3v) is 6.21. The summed E-state index contributed by atoms with van der Waals surface area (Å²) in [4.78, 5) is 13.4. The van der Waals surface area contributed by atoms with Gasteiger partial charge in [-0.3, -0.25) is 4.79 Å². The predicted molar refractivity (Wildman–Crippen MR) is 106 cm³/mol. The minimum Gasteiger partial charge on any atom is -0.379 e. The Hall–Kier alpha value is -2.64. The molecule has 0 radical (unpaired) electrons. The molecule has 0 fully saturated rings. The van der Waals surface area contributed by atoms with Crippen LogP contribution in [-0.2, 0) is 16.7 Å². The largest absolute Gasteiger partial charge is 0.379 e. The number of nitrogens with one attached hydrogen (secondary N) is 1. The van der Waals surface area contributed by atoms with Crippen molar-refractivity contribution in [3.8, 4) is 5.75 Å². The molecule has 0 aliphatic carbocycles. The van der Waals surface area contributed by atoms with E-state index < -0.39 is 10.1 Å². The Morgan fingerprint density at radius 1 is 1.07 bits per heavy atom. The van der Waals surface area contributed by atoms with Crippen LogP contribution in [-0.4, -0.2) is 14.3 Å². The fourth-order valence-electron chi connectivity index (χ4n) is 2.49. The Kier molecular flexibility index (Phi) is 5.62. The predicted octanol–water partition coefficient (Wildman–Crippen LogP) is 4.06. The molecule has 1 heterocycles. The van der Waals surface area contributed by atoms with Crippen molar-refractivity contribution in [3.05, 3.63) is 81.5 Å². The average molecular weight is 402 g/mol. The van der Waals surface area contributed by atoms with E-state index in [1.54, 1.807) is 30.4 Å². The van der Waals surface area contributed by atoms with E-state index in [0.717, 1.165) is 10.4 Å². The maximum Gasteiger partial charge on any atom is 0.339 e. The molecule has 5 nitrogen and oxygen atoms in total. The number of rotatable bonds is 6. The number of carbonyl (C=O) groups excluding carboxylic acids is 1. The van der Waals surface area contributed by atoms with E-state index >= 15 is 0 Å². The Balaban J connectivity index is 1.69. The van der Waals surface area contributed by atoms with Gasteiger partial charge in [0.15, 0.2) is 0 Å². The summed E-state index contributed by atoms with van der Waals surface area (Å²) in [6, 6.07) is 15.1. The summed E-state index contributed by atoms with van der Waals surface area (Å²) in [5, 5.41) is 4.77. The second kappa shape index (κ2) is 7.94. The first-order valence-corrected chi connectivity index (χ1v) is 10.6. The highest BCUT2D eigenvalue weighted by Gasteiger charge is 2.19. The zero-order valence-electron chi connectivity index (χ0n) is 14.9. The molecule has 1 amide bonds. The molecule has 0 saturated carbocycles. The fourth-order valence-corrected chi connectivity index (χ4v) is 4.38. The first-order chi connectivity index (χ1) is 12.8. The van der Waals surface area contributed by atoms with Gasteiger partial charge in [-0.05, 0) is 66.8 Å². The average Bonchev–Trinajstić information content (AvgIpc) is 3.15. The zero-order chi connectivity index (χ0) is 19.4. The van der Waals surface area contributed by atoms with Crippen molar-refractivity contribution in [2.24, 2.45) is 0 Å². The van der Waals surface area contributed by atoms with E-state index in [9.17, 15) is 13.2 Å². The number of benzene rings is 2. The second-order valence-corrected chi connectivity index (χ2v) is 8.64. The highest BCUT2D eigenvalue weighted by molar-refractivity contribution is 7.87. The molecule has 27 heavy (non-hydrogen) atoms. The number of hydrogen-bond donors (Lipinski definition) is 1. The van der Waals surface area contributed by atoms with Crippen molar-refractivity contribution in [1.82, 2.24) is 5.32 Å². The van der Waals surface area contributed by atoms with Gasteiger partial charge < -0.3 is 9.50 Å². The van der Waals surface area contributed by atoms with E-state index in [1.807, 2.05) is 30.5 Å². The molecule has 1 N–H and O–H groups in total. The summed E-state index contributed by atoms with van der Waals surface area (Å²) in [5.41, 5.74) is 1.88. The Bertz CT molecular complexity index is 1040. The Morgan fingerprint density at radius 3 is 2.48 bits per heavy atom. The molecule has 0 saturated heterocycles. The summed E-state index contributed by atoms with van der Waals surface area (Å²) < 4.78 is 30.3. The lowest BCUT2D eigenvalue weighted by Gasteiger charge is -2.10. The fraction of sp³-hybridized carbons (Fsp3) is 0.150. The van der Waals surface area contributed by atoms with Crippen molar-refractivity contribution >= 4 is 27.4 Å². The minimum atomic E-state index is -3.94. The quantitative estimate of drug-likeness (QED) is 0.632. The van der Waals surface area contributed by atoms with Crippen LogP contribution in [0.2, 0.25) is 0 Å². The van der Waals surface area contributed by atoms with Gasteiger partial charge in [-0.1, -0.05) is 18.2 Å². The van der Waals surface area contributed by atoms with Crippen LogP contribution in [0.1, 0.15) is 26.4 Å². The van der Waals surface area contributed by atoms with E-state index in [2.05, 4.69) is 5.32 Å². The molecule has 0 atom stereocenters. The summed E-state index contributed by atoms with van der Waals surface area (Å²) in [6.45, 7) is 3.99. The third-order valence-electron chi connectivity index (χ3n) is 3.94. The number of aryl methyl sites for hydroxylation is 2. The van der Waals surface area contributed by atoms with Gasteiger partial charge in [-0.15, -0.1) is 11.3 Å². The molecule has 1 aromatic heterocycles. The normalized spacial score (nSPS) is 11.2. The lowest BCUT2D eigenvalue weighted by Crippen LogP contribution is -2.22. The lowest BCUT2D eigenvalue weighted by molar-refractivity contribution is 0.0951. The van der Waals surface area contributed by atoms with Crippen molar-refractivity contribution < 1.29 is 17.4 Å². The van der Waals surface area contributed by atoms with Crippen LogP contribution in [0.3, 0.4) is 0 Å². The summed E-state index contributed by atoms with van der Waals surface area (Å²) in [7, 11) is -3.94. The number of amides is 1. The number of hydrogen-bond acceptors (Lipinski definition) is 5. The number of thiophene rings is 1. The van der Waals surface area contributed by atoms with Gasteiger partial charge >= 0.3 is 10.1 Å². The smallest absolute Gasteiger partial charge is 0.339 e. The first kappa shape index (κ1) is 19.1.